The normalized spacial score (nSPS) is 20.3. The maximum absolute atomic E-state index is 13.2. The molecule has 0 saturated carbocycles. The fourth-order valence-corrected chi connectivity index (χ4v) is 4.59. The van der Waals surface area contributed by atoms with Crippen molar-refractivity contribution >= 4 is 29.1 Å². The third kappa shape index (κ3) is 5.42. The molecule has 2 heterocycles. The van der Waals surface area contributed by atoms with Gasteiger partial charge in [-0.25, -0.2) is 0 Å². The van der Waals surface area contributed by atoms with Crippen molar-refractivity contribution in [1.29, 1.82) is 0 Å². The average molecular weight is 497 g/mol. The minimum absolute atomic E-state index is 0.0714. The first-order chi connectivity index (χ1) is 16.9. The summed E-state index contributed by atoms with van der Waals surface area (Å²) in [4.78, 5) is 30.2. The largest absolute Gasteiger partial charge is 0.507 e. The zero-order valence-electron chi connectivity index (χ0n) is 19.7. The van der Waals surface area contributed by atoms with Gasteiger partial charge in [0, 0.05) is 36.8 Å². The van der Waals surface area contributed by atoms with Crippen LogP contribution in [0.4, 0.5) is 0 Å². The molecule has 1 N–H and O–H groups in total. The highest BCUT2D eigenvalue weighted by atomic mass is 35.5. The van der Waals surface area contributed by atoms with Gasteiger partial charge >= 0.3 is 0 Å². The van der Waals surface area contributed by atoms with Crippen molar-refractivity contribution in [3.05, 3.63) is 82.4 Å². The predicted octanol–water partition coefficient (Wildman–Crippen LogP) is 3.97. The Labute approximate surface area is 210 Å². The van der Waals surface area contributed by atoms with Crippen LogP contribution in [0, 0.1) is 6.92 Å². The summed E-state index contributed by atoms with van der Waals surface area (Å²) >= 11 is 6.10. The molecule has 2 aliphatic rings. The van der Waals surface area contributed by atoms with Crippen LogP contribution in [0.5, 0.6) is 5.75 Å². The summed E-state index contributed by atoms with van der Waals surface area (Å²) in [5.41, 5.74) is 1.97. The molecule has 8 heteroatoms. The number of morpholine rings is 1. The zero-order valence-corrected chi connectivity index (χ0v) is 20.5. The van der Waals surface area contributed by atoms with Gasteiger partial charge in [0.2, 0.25) is 0 Å². The number of ketones is 1. The first-order valence-electron chi connectivity index (χ1n) is 11.6. The Morgan fingerprint density at radius 3 is 2.54 bits per heavy atom. The number of aryl methyl sites for hydroxylation is 1. The number of amides is 1. The van der Waals surface area contributed by atoms with E-state index >= 15 is 0 Å². The highest BCUT2D eigenvalue weighted by molar-refractivity contribution is 6.46. The molecule has 0 aromatic heterocycles. The third-order valence-electron chi connectivity index (χ3n) is 6.31. The lowest BCUT2D eigenvalue weighted by molar-refractivity contribution is -0.140. The van der Waals surface area contributed by atoms with Crippen molar-refractivity contribution < 1.29 is 24.2 Å². The predicted molar refractivity (Wildman–Crippen MR) is 135 cm³/mol. The van der Waals surface area contributed by atoms with Crippen molar-refractivity contribution in [2.75, 3.05) is 46.0 Å². The van der Waals surface area contributed by atoms with Gasteiger partial charge in [-0.2, -0.15) is 0 Å². The molecule has 2 saturated heterocycles. The number of nitrogens with zero attached hydrogens (tertiary/aromatic N) is 2. The second-order valence-corrected chi connectivity index (χ2v) is 9.01. The summed E-state index contributed by atoms with van der Waals surface area (Å²) in [6, 6.07) is 11.5. The Morgan fingerprint density at radius 1 is 1.17 bits per heavy atom. The monoisotopic (exact) mass is 496 g/mol. The number of rotatable bonds is 8. The van der Waals surface area contributed by atoms with Gasteiger partial charge in [0.25, 0.3) is 11.7 Å². The summed E-state index contributed by atoms with van der Waals surface area (Å²) in [5.74, 6) is -0.900. The molecule has 184 valence electrons. The molecule has 4 rings (SSSR count). The molecule has 2 aliphatic heterocycles. The number of Topliss-reactive ketones (excluding diaryl/α,β-unsaturated/α-hetero) is 1. The number of halogens is 1. The van der Waals surface area contributed by atoms with E-state index in [4.69, 9.17) is 21.1 Å². The molecule has 2 fully saturated rings. The number of likely N-dealkylation sites (tertiary alicyclic amines) is 1. The standard InChI is InChI=1S/C27H29ClN2O5/c1-3-14-35-21-8-9-22(18(2)17-21)25(31)23-24(19-4-6-20(28)7-5-19)30(27(33)26(23)32)11-10-29-12-15-34-16-13-29/h3-9,17,24,31H,1,10-16H2,2H3/t24-/m0/s1. The van der Waals surface area contributed by atoms with E-state index in [1.165, 1.54) is 0 Å². The molecule has 0 unspecified atom stereocenters. The Hall–Kier alpha value is -3.13. The fraction of sp³-hybridized carbons (Fsp3) is 0.333. The van der Waals surface area contributed by atoms with E-state index in [1.54, 1.807) is 53.4 Å². The van der Waals surface area contributed by atoms with Crippen LogP contribution in [0.15, 0.2) is 60.7 Å². The minimum atomic E-state index is -0.718. The first-order valence-corrected chi connectivity index (χ1v) is 12.0. The first kappa shape index (κ1) is 25.0. The average Bonchev–Trinajstić information content (AvgIpc) is 3.12. The second-order valence-electron chi connectivity index (χ2n) is 8.57. The fourth-order valence-electron chi connectivity index (χ4n) is 4.47. The molecule has 1 atom stereocenters. The maximum Gasteiger partial charge on any atom is 0.295 e. The summed E-state index contributed by atoms with van der Waals surface area (Å²) in [7, 11) is 0. The van der Waals surface area contributed by atoms with Crippen LogP contribution < -0.4 is 4.74 Å². The van der Waals surface area contributed by atoms with Crippen LogP contribution in [-0.4, -0.2) is 72.6 Å². The van der Waals surface area contributed by atoms with E-state index < -0.39 is 17.7 Å². The number of aliphatic hydroxyl groups is 1. The summed E-state index contributed by atoms with van der Waals surface area (Å²) < 4.78 is 11.0. The highest BCUT2D eigenvalue weighted by Gasteiger charge is 2.46. The van der Waals surface area contributed by atoms with Gasteiger partial charge in [-0.3, -0.25) is 14.5 Å². The Morgan fingerprint density at radius 2 is 1.89 bits per heavy atom. The second kappa shape index (κ2) is 11.1. The quantitative estimate of drug-likeness (QED) is 0.258. The molecule has 2 aromatic rings. The van der Waals surface area contributed by atoms with Crippen LogP contribution in [0.1, 0.15) is 22.7 Å². The maximum atomic E-state index is 13.2. The van der Waals surface area contributed by atoms with Crippen LogP contribution in [-0.2, 0) is 14.3 Å². The molecule has 1 amide bonds. The lowest BCUT2D eigenvalue weighted by Gasteiger charge is -2.31. The van der Waals surface area contributed by atoms with E-state index in [0.29, 0.717) is 54.8 Å². The van der Waals surface area contributed by atoms with Gasteiger partial charge < -0.3 is 19.5 Å². The Kier molecular flexibility index (Phi) is 7.90. The molecule has 0 spiro atoms. The third-order valence-corrected chi connectivity index (χ3v) is 6.56. The summed E-state index contributed by atoms with van der Waals surface area (Å²) in [6.45, 7) is 9.61. The van der Waals surface area contributed by atoms with Crippen molar-refractivity contribution in [2.45, 2.75) is 13.0 Å². The van der Waals surface area contributed by atoms with Crippen LogP contribution in [0.25, 0.3) is 5.76 Å². The molecule has 35 heavy (non-hydrogen) atoms. The van der Waals surface area contributed by atoms with Crippen molar-refractivity contribution in [3.63, 3.8) is 0 Å². The van der Waals surface area contributed by atoms with Crippen molar-refractivity contribution in [1.82, 2.24) is 9.80 Å². The number of hydrogen-bond donors (Lipinski definition) is 1. The number of carbonyl (C=O) groups is 2. The highest BCUT2D eigenvalue weighted by Crippen LogP contribution is 2.40. The topological polar surface area (TPSA) is 79.3 Å². The number of ether oxygens (including phenoxy) is 2. The van der Waals surface area contributed by atoms with E-state index in [0.717, 1.165) is 18.7 Å². The van der Waals surface area contributed by atoms with E-state index in [9.17, 15) is 14.7 Å². The molecule has 2 aromatic carbocycles. The van der Waals surface area contributed by atoms with Gasteiger partial charge in [-0.1, -0.05) is 36.4 Å². The van der Waals surface area contributed by atoms with E-state index in [1.807, 2.05) is 6.92 Å². The SMILES string of the molecule is C=CCOc1ccc(C(O)=C2C(=O)C(=O)N(CCN3CCOCC3)[C@H]2c2ccc(Cl)cc2)c(C)c1. The van der Waals surface area contributed by atoms with Gasteiger partial charge in [0.05, 0.1) is 24.8 Å². The summed E-state index contributed by atoms with van der Waals surface area (Å²) in [5, 5.41) is 11.9. The Bertz CT molecular complexity index is 1140. The van der Waals surface area contributed by atoms with Crippen LogP contribution >= 0.6 is 11.6 Å². The molecular weight excluding hydrogens is 468 g/mol. The lowest BCUT2D eigenvalue weighted by atomic mass is 9.94. The van der Waals surface area contributed by atoms with Gasteiger partial charge in [-0.15, -0.1) is 0 Å². The van der Waals surface area contributed by atoms with Gasteiger partial charge in [0.1, 0.15) is 18.1 Å². The van der Waals surface area contributed by atoms with E-state index in [2.05, 4.69) is 11.5 Å². The van der Waals surface area contributed by atoms with Crippen LogP contribution in [0.3, 0.4) is 0 Å². The number of aliphatic hydroxyl groups excluding tert-OH is 1. The summed E-state index contributed by atoms with van der Waals surface area (Å²) in [6.07, 6.45) is 1.65. The molecule has 7 nitrogen and oxygen atoms in total. The van der Waals surface area contributed by atoms with Crippen molar-refractivity contribution in [2.24, 2.45) is 0 Å². The number of hydrogen-bond acceptors (Lipinski definition) is 6. The van der Waals surface area contributed by atoms with Gasteiger partial charge in [-0.05, 0) is 48.4 Å². The smallest absolute Gasteiger partial charge is 0.295 e. The van der Waals surface area contributed by atoms with Gasteiger partial charge in [0.15, 0.2) is 0 Å². The zero-order chi connectivity index (χ0) is 24.9. The van der Waals surface area contributed by atoms with E-state index in [-0.39, 0.29) is 11.3 Å². The number of benzene rings is 2. The minimum Gasteiger partial charge on any atom is -0.507 e. The van der Waals surface area contributed by atoms with Crippen molar-refractivity contribution in [3.8, 4) is 5.75 Å². The number of carbonyl (C=O) groups excluding carboxylic acids is 2. The molecule has 0 aliphatic carbocycles. The lowest BCUT2D eigenvalue weighted by Crippen LogP contribution is -2.42. The molecular formula is C27H29ClN2O5. The molecule has 0 radical (unpaired) electrons. The molecule has 0 bridgehead atoms. The van der Waals surface area contributed by atoms with Crippen LogP contribution in [0.2, 0.25) is 5.02 Å². The Balaban J connectivity index is 1.72.